The molecule has 0 aliphatic heterocycles. The molecule has 0 radical (unpaired) electrons. The van der Waals surface area contributed by atoms with Gasteiger partial charge in [0.1, 0.15) is 0 Å². The Kier molecular flexibility index (Phi) is 18.5. The molecule has 0 rings (SSSR count). The molecule has 0 unspecified atom stereocenters. The minimum Gasteiger partial charge on any atom is -0.481 e. The van der Waals surface area contributed by atoms with Crippen LogP contribution < -0.4 is 0 Å². The van der Waals surface area contributed by atoms with Crippen LogP contribution in [0, 0.1) is 0 Å². The summed E-state index contributed by atoms with van der Waals surface area (Å²) < 4.78 is 5.10. The largest absolute Gasteiger partial charge is 0.481 e. The number of carboxylic acid groups (broad SMARTS) is 1. The standard InChI is InChI=1S/C21H40O4/c1-2-3-4-5-6-7-8-9-10-11-12-13-14-15-19-25-21(24)18-16-17-20(22)23/h2-19H2,1H3,(H,22,23). The van der Waals surface area contributed by atoms with Gasteiger partial charge in [0.15, 0.2) is 0 Å². The molecule has 0 aromatic rings. The first-order valence-electron chi connectivity index (χ1n) is 10.5. The second-order valence-corrected chi connectivity index (χ2v) is 7.06. The van der Waals surface area contributed by atoms with Crippen LogP contribution in [0.25, 0.3) is 0 Å². The molecule has 0 saturated heterocycles. The Morgan fingerprint density at radius 1 is 0.640 bits per heavy atom. The van der Waals surface area contributed by atoms with Gasteiger partial charge in [-0.2, -0.15) is 0 Å². The minimum atomic E-state index is -0.861. The van der Waals surface area contributed by atoms with Crippen molar-refractivity contribution >= 4 is 11.9 Å². The minimum absolute atomic E-state index is 0.0357. The van der Waals surface area contributed by atoms with Gasteiger partial charge in [0.2, 0.25) is 0 Å². The Hall–Kier alpha value is -1.06. The average Bonchev–Trinajstić information content (AvgIpc) is 2.58. The average molecular weight is 357 g/mol. The van der Waals surface area contributed by atoms with E-state index < -0.39 is 5.97 Å². The van der Waals surface area contributed by atoms with E-state index in [9.17, 15) is 9.59 Å². The van der Waals surface area contributed by atoms with Gasteiger partial charge in [-0.15, -0.1) is 0 Å². The van der Waals surface area contributed by atoms with E-state index in [0.29, 0.717) is 13.0 Å². The topological polar surface area (TPSA) is 63.6 Å². The van der Waals surface area contributed by atoms with Crippen molar-refractivity contribution in [3.05, 3.63) is 0 Å². The van der Waals surface area contributed by atoms with Gasteiger partial charge in [-0.3, -0.25) is 9.59 Å². The first-order chi connectivity index (χ1) is 12.2. The Balaban J connectivity index is 3.11. The Labute approximate surface area is 154 Å². The molecule has 0 aromatic heterocycles. The van der Waals surface area contributed by atoms with Crippen LogP contribution in [0.3, 0.4) is 0 Å². The van der Waals surface area contributed by atoms with Crippen LogP contribution in [0.5, 0.6) is 0 Å². The summed E-state index contributed by atoms with van der Waals surface area (Å²) in [4.78, 5) is 21.7. The zero-order valence-corrected chi connectivity index (χ0v) is 16.4. The fourth-order valence-corrected chi connectivity index (χ4v) is 2.94. The summed E-state index contributed by atoms with van der Waals surface area (Å²) in [5.74, 6) is -1.13. The number of aliphatic carboxylic acids is 1. The number of rotatable bonds is 19. The van der Waals surface area contributed by atoms with Crippen molar-refractivity contribution in [3.63, 3.8) is 0 Å². The van der Waals surface area contributed by atoms with Crippen molar-refractivity contribution < 1.29 is 19.4 Å². The molecule has 0 aliphatic rings. The second kappa shape index (κ2) is 19.3. The van der Waals surface area contributed by atoms with E-state index >= 15 is 0 Å². The number of esters is 1. The van der Waals surface area contributed by atoms with Crippen molar-refractivity contribution in [2.24, 2.45) is 0 Å². The van der Waals surface area contributed by atoms with Gasteiger partial charge < -0.3 is 9.84 Å². The molecule has 0 amide bonds. The molecule has 0 spiro atoms. The zero-order valence-electron chi connectivity index (χ0n) is 16.4. The second-order valence-electron chi connectivity index (χ2n) is 7.06. The van der Waals surface area contributed by atoms with E-state index in [2.05, 4.69) is 6.92 Å². The van der Waals surface area contributed by atoms with Gasteiger partial charge in [0.05, 0.1) is 6.61 Å². The van der Waals surface area contributed by atoms with Gasteiger partial charge >= 0.3 is 11.9 Å². The van der Waals surface area contributed by atoms with E-state index in [1.165, 1.54) is 77.0 Å². The number of unbranched alkanes of at least 4 members (excludes halogenated alkanes) is 13. The highest BCUT2D eigenvalue weighted by molar-refractivity contribution is 5.71. The molecule has 0 heterocycles. The Bertz CT molecular complexity index is 315. The van der Waals surface area contributed by atoms with Crippen LogP contribution in [-0.2, 0) is 14.3 Å². The van der Waals surface area contributed by atoms with Crippen molar-refractivity contribution in [1.82, 2.24) is 0 Å². The molecule has 0 atom stereocenters. The molecule has 0 fully saturated rings. The third-order valence-electron chi connectivity index (χ3n) is 4.53. The highest BCUT2D eigenvalue weighted by Crippen LogP contribution is 2.13. The zero-order chi connectivity index (χ0) is 18.6. The third-order valence-corrected chi connectivity index (χ3v) is 4.53. The van der Waals surface area contributed by atoms with Crippen LogP contribution in [0.4, 0.5) is 0 Å². The van der Waals surface area contributed by atoms with Gasteiger partial charge in [0, 0.05) is 12.8 Å². The monoisotopic (exact) mass is 356 g/mol. The fraction of sp³-hybridized carbons (Fsp3) is 0.905. The lowest BCUT2D eigenvalue weighted by molar-refractivity contribution is -0.144. The number of carboxylic acids is 1. The highest BCUT2D eigenvalue weighted by Gasteiger charge is 2.04. The summed E-state index contributed by atoms with van der Waals surface area (Å²) in [5, 5.41) is 8.49. The summed E-state index contributed by atoms with van der Waals surface area (Å²) in [6.45, 7) is 2.74. The molecule has 0 aliphatic carbocycles. The molecular formula is C21H40O4. The molecular weight excluding hydrogens is 316 g/mol. The maximum atomic E-state index is 11.3. The summed E-state index contributed by atoms with van der Waals surface area (Å²) in [6, 6.07) is 0. The van der Waals surface area contributed by atoms with Crippen LogP contribution >= 0.6 is 0 Å². The van der Waals surface area contributed by atoms with Crippen LogP contribution in [-0.4, -0.2) is 23.7 Å². The molecule has 4 nitrogen and oxygen atoms in total. The van der Waals surface area contributed by atoms with Crippen LogP contribution in [0.15, 0.2) is 0 Å². The molecule has 148 valence electrons. The van der Waals surface area contributed by atoms with Gasteiger partial charge in [-0.05, 0) is 12.8 Å². The van der Waals surface area contributed by atoms with Crippen molar-refractivity contribution in [2.75, 3.05) is 6.61 Å². The maximum Gasteiger partial charge on any atom is 0.305 e. The lowest BCUT2D eigenvalue weighted by Gasteiger charge is -2.05. The molecule has 4 heteroatoms. The lowest BCUT2D eigenvalue weighted by atomic mass is 10.0. The number of hydrogen-bond donors (Lipinski definition) is 1. The Morgan fingerprint density at radius 3 is 1.52 bits per heavy atom. The number of carbonyl (C=O) groups is 2. The first kappa shape index (κ1) is 23.9. The predicted octanol–water partition coefficient (Wildman–Crippen LogP) is 6.27. The molecule has 25 heavy (non-hydrogen) atoms. The predicted molar refractivity (Wildman–Crippen MR) is 103 cm³/mol. The summed E-state index contributed by atoms with van der Waals surface area (Å²) in [5.41, 5.74) is 0. The summed E-state index contributed by atoms with van der Waals surface area (Å²) in [6.07, 6.45) is 19.0. The third kappa shape index (κ3) is 20.9. The maximum absolute atomic E-state index is 11.3. The van der Waals surface area contributed by atoms with Crippen LogP contribution in [0.2, 0.25) is 0 Å². The molecule has 1 N–H and O–H groups in total. The van der Waals surface area contributed by atoms with Gasteiger partial charge in [-0.25, -0.2) is 0 Å². The van der Waals surface area contributed by atoms with E-state index in [1.807, 2.05) is 0 Å². The number of hydrogen-bond acceptors (Lipinski definition) is 3. The first-order valence-corrected chi connectivity index (χ1v) is 10.5. The highest BCUT2D eigenvalue weighted by atomic mass is 16.5. The number of ether oxygens (including phenoxy) is 1. The Morgan fingerprint density at radius 2 is 1.08 bits per heavy atom. The van der Waals surface area contributed by atoms with E-state index in [-0.39, 0.29) is 18.8 Å². The number of carbonyl (C=O) groups excluding carboxylic acids is 1. The SMILES string of the molecule is CCCCCCCCCCCCCCCCOC(=O)CCCC(=O)O. The quantitative estimate of drug-likeness (QED) is 0.219. The summed E-state index contributed by atoms with van der Waals surface area (Å²) >= 11 is 0. The van der Waals surface area contributed by atoms with Crippen molar-refractivity contribution in [2.45, 2.75) is 116 Å². The van der Waals surface area contributed by atoms with Crippen molar-refractivity contribution in [3.8, 4) is 0 Å². The lowest BCUT2D eigenvalue weighted by Crippen LogP contribution is -2.06. The van der Waals surface area contributed by atoms with Gasteiger partial charge in [0.25, 0.3) is 0 Å². The van der Waals surface area contributed by atoms with E-state index in [1.54, 1.807) is 0 Å². The molecule has 0 aromatic carbocycles. The van der Waals surface area contributed by atoms with E-state index in [4.69, 9.17) is 9.84 Å². The fourth-order valence-electron chi connectivity index (χ4n) is 2.94. The smallest absolute Gasteiger partial charge is 0.305 e. The van der Waals surface area contributed by atoms with E-state index in [0.717, 1.165) is 12.8 Å². The normalized spacial score (nSPS) is 10.8. The van der Waals surface area contributed by atoms with Crippen LogP contribution in [0.1, 0.15) is 116 Å². The summed E-state index contributed by atoms with van der Waals surface area (Å²) in [7, 11) is 0. The molecule has 0 saturated carbocycles. The van der Waals surface area contributed by atoms with Gasteiger partial charge in [-0.1, -0.05) is 90.4 Å². The molecule has 0 bridgehead atoms. The van der Waals surface area contributed by atoms with Crippen molar-refractivity contribution in [1.29, 1.82) is 0 Å².